The van der Waals surface area contributed by atoms with Crippen molar-refractivity contribution in [2.75, 3.05) is 13.1 Å². The SMILES string of the molecule is Cn1cnc(S(=O)(=O)N2CCC[C@@H](Cc3nc(-c4cnccn4)no3)C2)c1. The molecule has 0 unspecified atom stereocenters. The Labute approximate surface area is 156 Å². The molecule has 4 rings (SSSR count). The number of hydrogen-bond acceptors (Lipinski definition) is 8. The van der Waals surface area contributed by atoms with Gasteiger partial charge < -0.3 is 9.09 Å². The molecule has 1 saturated heterocycles. The Balaban J connectivity index is 1.46. The molecule has 0 bridgehead atoms. The molecule has 11 heteroatoms. The van der Waals surface area contributed by atoms with E-state index in [0.29, 0.717) is 36.9 Å². The van der Waals surface area contributed by atoms with Crippen molar-refractivity contribution in [3.63, 3.8) is 0 Å². The normalized spacial score (nSPS) is 18.6. The van der Waals surface area contributed by atoms with Gasteiger partial charge in [0.2, 0.25) is 11.7 Å². The van der Waals surface area contributed by atoms with Crippen LogP contribution in [0.4, 0.5) is 0 Å². The van der Waals surface area contributed by atoms with Crippen molar-refractivity contribution in [2.24, 2.45) is 13.0 Å². The van der Waals surface area contributed by atoms with E-state index in [4.69, 9.17) is 4.52 Å². The molecular formula is C16H19N7O3S. The van der Waals surface area contributed by atoms with Gasteiger partial charge in [-0.15, -0.1) is 0 Å². The summed E-state index contributed by atoms with van der Waals surface area (Å²) < 4.78 is 34.0. The summed E-state index contributed by atoms with van der Waals surface area (Å²) in [6.45, 7) is 0.895. The average Bonchev–Trinajstić information content (AvgIpc) is 3.32. The smallest absolute Gasteiger partial charge is 0.262 e. The van der Waals surface area contributed by atoms with E-state index >= 15 is 0 Å². The zero-order chi connectivity index (χ0) is 18.9. The Morgan fingerprint density at radius 1 is 1.30 bits per heavy atom. The summed E-state index contributed by atoms with van der Waals surface area (Å²) in [7, 11) is -1.84. The lowest BCUT2D eigenvalue weighted by Crippen LogP contribution is -2.40. The molecule has 0 N–H and O–H groups in total. The number of hydrogen-bond donors (Lipinski definition) is 0. The molecule has 1 fully saturated rings. The first kappa shape index (κ1) is 17.7. The number of sulfonamides is 1. The van der Waals surface area contributed by atoms with E-state index < -0.39 is 10.0 Å². The number of rotatable bonds is 5. The highest BCUT2D eigenvalue weighted by Gasteiger charge is 2.32. The van der Waals surface area contributed by atoms with Gasteiger partial charge in [-0.25, -0.2) is 18.4 Å². The van der Waals surface area contributed by atoms with Gasteiger partial charge in [-0.1, -0.05) is 5.16 Å². The van der Waals surface area contributed by atoms with Crippen molar-refractivity contribution in [2.45, 2.75) is 24.3 Å². The predicted molar refractivity (Wildman–Crippen MR) is 93.7 cm³/mol. The van der Waals surface area contributed by atoms with E-state index in [2.05, 4.69) is 25.1 Å². The highest BCUT2D eigenvalue weighted by Crippen LogP contribution is 2.25. The van der Waals surface area contributed by atoms with E-state index in [0.717, 1.165) is 12.8 Å². The Bertz CT molecular complexity index is 1020. The third-order valence-electron chi connectivity index (χ3n) is 4.49. The molecule has 1 aliphatic heterocycles. The van der Waals surface area contributed by atoms with Gasteiger partial charge in [0.25, 0.3) is 10.0 Å². The van der Waals surface area contributed by atoms with E-state index in [1.165, 1.54) is 16.8 Å². The van der Waals surface area contributed by atoms with Crippen LogP contribution in [0.2, 0.25) is 0 Å². The molecule has 4 heterocycles. The van der Waals surface area contributed by atoms with Gasteiger partial charge >= 0.3 is 0 Å². The molecule has 3 aromatic rings. The second-order valence-electron chi connectivity index (χ2n) is 6.56. The zero-order valence-electron chi connectivity index (χ0n) is 14.8. The molecule has 0 aromatic carbocycles. The van der Waals surface area contributed by atoms with Crippen molar-refractivity contribution in [3.8, 4) is 11.5 Å². The molecular weight excluding hydrogens is 370 g/mol. The van der Waals surface area contributed by atoms with Gasteiger partial charge in [-0.3, -0.25) is 4.98 Å². The third kappa shape index (κ3) is 3.74. The number of aryl methyl sites for hydroxylation is 1. The van der Waals surface area contributed by atoms with Gasteiger partial charge in [-0.2, -0.15) is 9.29 Å². The van der Waals surface area contributed by atoms with Crippen LogP contribution in [0.15, 0.2) is 40.7 Å². The lowest BCUT2D eigenvalue weighted by molar-refractivity contribution is 0.246. The van der Waals surface area contributed by atoms with Gasteiger partial charge in [0.1, 0.15) is 5.69 Å². The monoisotopic (exact) mass is 389 g/mol. The van der Waals surface area contributed by atoms with E-state index in [1.807, 2.05) is 0 Å². The standard InChI is InChI=1S/C16H19N7O3S/c1-22-10-15(19-11-22)27(24,25)23-6-2-3-12(9-23)7-14-20-16(21-26-14)13-8-17-4-5-18-13/h4-5,8,10-12H,2-3,6-7,9H2,1H3/t12-/m0/s1. The predicted octanol–water partition coefficient (Wildman–Crippen LogP) is 0.903. The van der Waals surface area contributed by atoms with Crippen molar-refractivity contribution >= 4 is 10.0 Å². The Morgan fingerprint density at radius 2 is 2.19 bits per heavy atom. The van der Waals surface area contributed by atoms with Crippen molar-refractivity contribution in [1.82, 2.24) is 34.0 Å². The van der Waals surface area contributed by atoms with Crippen LogP contribution in [0.1, 0.15) is 18.7 Å². The summed E-state index contributed by atoms with van der Waals surface area (Å²) >= 11 is 0. The molecule has 1 aliphatic rings. The Kier molecular flexibility index (Phi) is 4.70. The molecule has 0 saturated carbocycles. The van der Waals surface area contributed by atoms with Crippen LogP contribution in [0.3, 0.4) is 0 Å². The third-order valence-corrected chi connectivity index (χ3v) is 6.24. The van der Waals surface area contributed by atoms with Gasteiger partial charge in [0.05, 0.1) is 12.5 Å². The molecule has 3 aromatic heterocycles. The zero-order valence-corrected chi connectivity index (χ0v) is 15.6. The number of imidazole rings is 1. The lowest BCUT2D eigenvalue weighted by Gasteiger charge is -2.30. The van der Waals surface area contributed by atoms with Crippen LogP contribution < -0.4 is 0 Å². The fourth-order valence-corrected chi connectivity index (χ4v) is 4.69. The molecule has 10 nitrogen and oxygen atoms in total. The summed E-state index contributed by atoms with van der Waals surface area (Å²) in [5.41, 5.74) is 0.538. The summed E-state index contributed by atoms with van der Waals surface area (Å²) in [5.74, 6) is 0.956. The second-order valence-corrected chi connectivity index (χ2v) is 8.44. The quantitative estimate of drug-likeness (QED) is 0.631. The summed E-state index contributed by atoms with van der Waals surface area (Å²) in [6.07, 6.45) is 9.90. The largest absolute Gasteiger partial charge is 0.339 e. The topological polar surface area (TPSA) is 120 Å². The number of piperidine rings is 1. The summed E-state index contributed by atoms with van der Waals surface area (Å²) in [5, 5.41) is 4.01. The van der Waals surface area contributed by atoms with Crippen molar-refractivity contribution in [3.05, 3.63) is 37.0 Å². The first-order valence-corrected chi connectivity index (χ1v) is 10.0. The molecule has 0 amide bonds. The first-order valence-electron chi connectivity index (χ1n) is 8.59. The van der Waals surface area contributed by atoms with Crippen LogP contribution in [-0.2, 0) is 23.5 Å². The molecule has 0 spiro atoms. The molecule has 27 heavy (non-hydrogen) atoms. The maximum atomic E-state index is 12.8. The van der Waals surface area contributed by atoms with Gasteiger partial charge in [0, 0.05) is 45.1 Å². The van der Waals surface area contributed by atoms with Crippen LogP contribution in [0, 0.1) is 5.92 Å². The molecule has 0 aliphatic carbocycles. The minimum atomic E-state index is -3.59. The molecule has 1 atom stereocenters. The minimum Gasteiger partial charge on any atom is -0.339 e. The van der Waals surface area contributed by atoms with Gasteiger partial charge in [-0.05, 0) is 18.8 Å². The summed E-state index contributed by atoms with van der Waals surface area (Å²) in [6, 6.07) is 0. The number of nitrogens with zero attached hydrogens (tertiary/aromatic N) is 7. The maximum Gasteiger partial charge on any atom is 0.262 e. The highest BCUT2D eigenvalue weighted by molar-refractivity contribution is 7.89. The highest BCUT2D eigenvalue weighted by atomic mass is 32.2. The van der Waals surface area contributed by atoms with Crippen LogP contribution in [0.25, 0.3) is 11.5 Å². The van der Waals surface area contributed by atoms with E-state index in [9.17, 15) is 8.42 Å². The minimum absolute atomic E-state index is 0.0772. The maximum absolute atomic E-state index is 12.8. The first-order chi connectivity index (χ1) is 13.0. The lowest BCUT2D eigenvalue weighted by atomic mass is 9.96. The Morgan fingerprint density at radius 3 is 2.93 bits per heavy atom. The number of aromatic nitrogens is 6. The fourth-order valence-electron chi connectivity index (χ4n) is 3.17. The van der Waals surface area contributed by atoms with E-state index in [-0.39, 0.29) is 10.9 Å². The van der Waals surface area contributed by atoms with Gasteiger partial charge in [0.15, 0.2) is 5.03 Å². The van der Waals surface area contributed by atoms with Crippen molar-refractivity contribution in [1.29, 1.82) is 0 Å². The fraction of sp³-hybridized carbons (Fsp3) is 0.438. The second kappa shape index (κ2) is 7.16. The van der Waals surface area contributed by atoms with E-state index in [1.54, 1.807) is 30.2 Å². The molecule has 142 valence electrons. The summed E-state index contributed by atoms with van der Waals surface area (Å²) in [4.78, 5) is 16.5. The van der Waals surface area contributed by atoms with Crippen LogP contribution in [0.5, 0.6) is 0 Å². The molecule has 0 radical (unpaired) electrons. The van der Waals surface area contributed by atoms with Crippen LogP contribution in [-0.4, -0.2) is 55.5 Å². The van der Waals surface area contributed by atoms with Crippen LogP contribution >= 0.6 is 0 Å². The van der Waals surface area contributed by atoms with Crippen molar-refractivity contribution < 1.29 is 12.9 Å². The Hall–Kier alpha value is -2.66. The average molecular weight is 389 g/mol.